The summed E-state index contributed by atoms with van der Waals surface area (Å²) in [6, 6.07) is 13.5. The first-order chi connectivity index (χ1) is 10.2. The Morgan fingerprint density at radius 2 is 1.90 bits per heavy atom. The van der Waals surface area contributed by atoms with Crippen molar-refractivity contribution in [1.29, 1.82) is 0 Å². The molecule has 2 aromatic carbocycles. The maximum Gasteiger partial charge on any atom is 0.323 e. The van der Waals surface area contributed by atoms with Crippen molar-refractivity contribution in [3.8, 4) is 0 Å². The lowest BCUT2D eigenvalue weighted by molar-refractivity contribution is 0.262. The highest BCUT2D eigenvalue weighted by molar-refractivity contribution is 6.02. The summed E-state index contributed by atoms with van der Waals surface area (Å²) in [5.41, 5.74) is 5.09. The van der Waals surface area contributed by atoms with Gasteiger partial charge in [-0.05, 0) is 43.5 Å². The van der Waals surface area contributed by atoms with E-state index in [1.165, 1.54) is 11.1 Å². The van der Waals surface area contributed by atoms with E-state index in [0.29, 0.717) is 0 Å². The molecule has 0 atom stereocenters. The molecular weight excluding hydrogens is 262 g/mol. The fourth-order valence-corrected chi connectivity index (χ4v) is 2.54. The first-order valence-electron chi connectivity index (χ1n) is 7.23. The molecule has 0 fully saturated rings. The van der Waals surface area contributed by atoms with Crippen LogP contribution in [-0.4, -0.2) is 12.6 Å². The number of para-hydroxylation sites is 1. The molecule has 3 rings (SSSR count). The van der Waals surface area contributed by atoms with Gasteiger partial charge in [-0.1, -0.05) is 29.8 Å². The van der Waals surface area contributed by atoms with Crippen molar-refractivity contribution in [3.63, 3.8) is 0 Å². The Labute approximate surface area is 124 Å². The van der Waals surface area contributed by atoms with Gasteiger partial charge in [0.2, 0.25) is 0 Å². The molecule has 1 heterocycles. The van der Waals surface area contributed by atoms with Crippen LogP contribution >= 0.6 is 0 Å². The van der Waals surface area contributed by atoms with E-state index in [2.05, 4.69) is 22.0 Å². The van der Waals surface area contributed by atoms with Crippen LogP contribution in [0.4, 0.5) is 21.9 Å². The van der Waals surface area contributed by atoms with Gasteiger partial charge in [0.15, 0.2) is 0 Å². The Morgan fingerprint density at radius 3 is 2.71 bits per heavy atom. The zero-order valence-electron chi connectivity index (χ0n) is 12.1. The smallest absolute Gasteiger partial charge is 0.323 e. The Morgan fingerprint density at radius 1 is 1.10 bits per heavy atom. The molecule has 2 aromatic rings. The molecule has 2 amide bonds. The van der Waals surface area contributed by atoms with Crippen LogP contribution in [0.3, 0.4) is 0 Å². The van der Waals surface area contributed by atoms with Crippen LogP contribution in [0.5, 0.6) is 0 Å². The van der Waals surface area contributed by atoms with Crippen LogP contribution in [0.25, 0.3) is 0 Å². The Bertz CT molecular complexity index is 650. The summed E-state index contributed by atoms with van der Waals surface area (Å²) in [6.45, 7) is 2.97. The number of aryl methyl sites for hydroxylation is 2. The predicted octanol–water partition coefficient (Wildman–Crippen LogP) is 4.00. The quantitative estimate of drug-likeness (QED) is 0.779. The van der Waals surface area contributed by atoms with Gasteiger partial charge in [0.1, 0.15) is 0 Å². The summed E-state index contributed by atoms with van der Waals surface area (Å²) in [5.74, 6) is 0. The van der Waals surface area contributed by atoms with Crippen LogP contribution in [0.15, 0.2) is 42.5 Å². The average Bonchev–Trinajstić information content (AvgIpc) is 2.50. The highest BCUT2D eigenvalue weighted by Gasteiger charge is 2.13. The lowest BCUT2D eigenvalue weighted by Gasteiger charge is -2.21. The third kappa shape index (κ3) is 3.16. The fourth-order valence-electron chi connectivity index (χ4n) is 2.54. The summed E-state index contributed by atoms with van der Waals surface area (Å²) in [7, 11) is 0. The monoisotopic (exact) mass is 281 g/mol. The maximum atomic E-state index is 12.1. The van der Waals surface area contributed by atoms with Crippen molar-refractivity contribution in [2.24, 2.45) is 0 Å². The van der Waals surface area contributed by atoms with E-state index in [-0.39, 0.29) is 6.03 Å². The number of amides is 2. The van der Waals surface area contributed by atoms with Gasteiger partial charge in [-0.2, -0.15) is 0 Å². The van der Waals surface area contributed by atoms with Gasteiger partial charge in [0, 0.05) is 12.2 Å². The summed E-state index contributed by atoms with van der Waals surface area (Å²) in [5, 5.41) is 9.13. The Hall–Kier alpha value is -2.49. The molecule has 21 heavy (non-hydrogen) atoms. The minimum absolute atomic E-state index is 0.223. The molecule has 0 bridgehead atoms. The Balaban J connectivity index is 1.71. The molecule has 0 spiro atoms. The molecule has 3 N–H and O–H groups in total. The first-order valence-corrected chi connectivity index (χ1v) is 7.23. The molecule has 108 valence electrons. The number of carbonyl (C=O) groups is 1. The molecule has 0 aromatic heterocycles. The zero-order valence-corrected chi connectivity index (χ0v) is 12.1. The number of benzene rings is 2. The van der Waals surface area contributed by atoms with E-state index < -0.39 is 0 Å². The number of hydrogen-bond acceptors (Lipinski definition) is 2. The molecule has 4 nitrogen and oxygen atoms in total. The van der Waals surface area contributed by atoms with Crippen molar-refractivity contribution in [3.05, 3.63) is 53.6 Å². The second-order valence-corrected chi connectivity index (χ2v) is 5.32. The molecule has 4 heteroatoms. The van der Waals surface area contributed by atoms with Gasteiger partial charge in [-0.3, -0.25) is 0 Å². The fraction of sp³-hybridized carbons (Fsp3) is 0.235. The van der Waals surface area contributed by atoms with Gasteiger partial charge in [0.25, 0.3) is 0 Å². The summed E-state index contributed by atoms with van der Waals surface area (Å²) in [6.07, 6.45) is 2.18. The molecule has 0 unspecified atom stereocenters. The maximum absolute atomic E-state index is 12.1. The second kappa shape index (κ2) is 5.87. The molecular formula is C17H19N3O. The third-order valence-electron chi connectivity index (χ3n) is 3.63. The second-order valence-electron chi connectivity index (χ2n) is 5.32. The number of carbonyl (C=O) groups excluding carboxylic acids is 1. The number of anilines is 3. The van der Waals surface area contributed by atoms with Gasteiger partial charge >= 0.3 is 6.03 Å². The first kappa shape index (κ1) is 13.5. The number of rotatable bonds is 2. The number of hydrogen-bond donors (Lipinski definition) is 3. The highest BCUT2D eigenvalue weighted by atomic mass is 16.2. The normalized spacial score (nSPS) is 13.0. The van der Waals surface area contributed by atoms with E-state index in [9.17, 15) is 4.79 Å². The zero-order chi connectivity index (χ0) is 14.7. The number of fused-ring (bicyclic) bond motifs is 1. The molecule has 0 saturated heterocycles. The summed E-state index contributed by atoms with van der Waals surface area (Å²) < 4.78 is 0. The lowest BCUT2D eigenvalue weighted by atomic mass is 10.0. The van der Waals surface area contributed by atoms with Gasteiger partial charge in [0.05, 0.1) is 11.4 Å². The largest absolute Gasteiger partial charge is 0.383 e. The van der Waals surface area contributed by atoms with Crippen molar-refractivity contribution in [2.75, 3.05) is 22.5 Å². The van der Waals surface area contributed by atoms with Crippen LogP contribution < -0.4 is 16.0 Å². The molecule has 0 aliphatic carbocycles. The lowest BCUT2D eigenvalue weighted by Crippen LogP contribution is -2.21. The van der Waals surface area contributed by atoms with E-state index in [1.807, 2.05) is 43.3 Å². The molecule has 1 aliphatic rings. The predicted molar refractivity (Wildman–Crippen MR) is 87.1 cm³/mol. The van der Waals surface area contributed by atoms with Gasteiger partial charge < -0.3 is 16.0 Å². The SMILES string of the molecule is Cc1ccc(NC(=O)Nc2cccc3c2NCCC3)cc1. The summed E-state index contributed by atoms with van der Waals surface area (Å²) in [4.78, 5) is 12.1. The number of nitrogens with one attached hydrogen (secondary N) is 3. The van der Waals surface area contributed by atoms with E-state index in [0.717, 1.165) is 36.4 Å². The minimum Gasteiger partial charge on any atom is -0.383 e. The third-order valence-corrected chi connectivity index (χ3v) is 3.63. The van der Waals surface area contributed by atoms with Gasteiger partial charge in [-0.15, -0.1) is 0 Å². The number of urea groups is 1. The minimum atomic E-state index is -0.223. The van der Waals surface area contributed by atoms with Crippen LogP contribution in [0.2, 0.25) is 0 Å². The topological polar surface area (TPSA) is 53.2 Å². The highest BCUT2D eigenvalue weighted by Crippen LogP contribution is 2.30. The molecule has 1 aliphatic heterocycles. The van der Waals surface area contributed by atoms with Crippen molar-refractivity contribution >= 4 is 23.1 Å². The van der Waals surface area contributed by atoms with Crippen molar-refractivity contribution in [1.82, 2.24) is 0 Å². The van der Waals surface area contributed by atoms with Crippen molar-refractivity contribution < 1.29 is 4.79 Å². The molecule has 0 saturated carbocycles. The Kier molecular flexibility index (Phi) is 3.77. The van der Waals surface area contributed by atoms with Crippen LogP contribution in [0, 0.1) is 6.92 Å². The summed E-state index contributed by atoms with van der Waals surface area (Å²) >= 11 is 0. The standard InChI is InChI=1S/C17H19N3O/c1-12-7-9-14(10-8-12)19-17(21)20-15-6-2-4-13-5-3-11-18-16(13)15/h2,4,6-10,18H,3,5,11H2,1H3,(H2,19,20,21). The van der Waals surface area contributed by atoms with E-state index in [1.54, 1.807) is 0 Å². The average molecular weight is 281 g/mol. The molecule has 0 radical (unpaired) electrons. The van der Waals surface area contributed by atoms with Gasteiger partial charge in [-0.25, -0.2) is 4.79 Å². The van der Waals surface area contributed by atoms with Crippen molar-refractivity contribution in [2.45, 2.75) is 19.8 Å². The van der Waals surface area contributed by atoms with E-state index >= 15 is 0 Å². The van der Waals surface area contributed by atoms with E-state index in [4.69, 9.17) is 0 Å². The van der Waals surface area contributed by atoms with Crippen LogP contribution in [-0.2, 0) is 6.42 Å². The van der Waals surface area contributed by atoms with Crippen LogP contribution in [0.1, 0.15) is 17.5 Å².